The number of nitrogens with one attached hydrogen (secondary N) is 1. The van der Waals surface area contributed by atoms with Crippen LogP contribution in [0.4, 0.5) is 0 Å². The maximum atomic E-state index is 5.79. The summed E-state index contributed by atoms with van der Waals surface area (Å²) >= 11 is 0. The van der Waals surface area contributed by atoms with Gasteiger partial charge in [0, 0.05) is 42.9 Å². The number of hydrogen-bond donors (Lipinski definition) is 1. The van der Waals surface area contributed by atoms with Gasteiger partial charge in [-0.1, -0.05) is 49.4 Å². The maximum Gasteiger partial charge on any atom is 0.119 e. The van der Waals surface area contributed by atoms with Crippen LogP contribution in [0.2, 0.25) is 0 Å². The molecule has 0 fully saturated rings. The molecule has 134 valence electrons. The Morgan fingerprint density at radius 1 is 1.12 bits per heavy atom. The quantitative estimate of drug-likeness (QED) is 0.717. The van der Waals surface area contributed by atoms with Crippen molar-refractivity contribution in [2.45, 2.75) is 32.9 Å². The van der Waals surface area contributed by atoms with Crippen LogP contribution in [0.25, 0.3) is 11.3 Å². The summed E-state index contributed by atoms with van der Waals surface area (Å²) in [5.41, 5.74) is 6.12. The Labute approximate surface area is 154 Å². The van der Waals surface area contributed by atoms with E-state index >= 15 is 0 Å². The zero-order valence-corrected chi connectivity index (χ0v) is 15.2. The van der Waals surface area contributed by atoms with Gasteiger partial charge in [-0.25, -0.2) is 0 Å². The van der Waals surface area contributed by atoms with Gasteiger partial charge in [-0.3, -0.25) is 10.00 Å². The van der Waals surface area contributed by atoms with Crippen LogP contribution in [-0.4, -0.2) is 28.2 Å². The van der Waals surface area contributed by atoms with E-state index < -0.39 is 0 Å². The normalized spacial score (nSPS) is 14.2. The van der Waals surface area contributed by atoms with Crippen LogP contribution in [-0.2, 0) is 19.5 Å². The molecular weight excluding hydrogens is 322 g/mol. The highest BCUT2D eigenvalue weighted by Gasteiger charge is 2.23. The second-order valence-corrected chi connectivity index (χ2v) is 6.85. The second kappa shape index (κ2) is 7.75. The lowest BCUT2D eigenvalue weighted by molar-refractivity contribution is 0.245. The van der Waals surface area contributed by atoms with E-state index in [1.165, 1.54) is 16.8 Å². The van der Waals surface area contributed by atoms with Gasteiger partial charge >= 0.3 is 0 Å². The third-order valence-corrected chi connectivity index (χ3v) is 4.84. The molecule has 0 unspecified atom stereocenters. The molecule has 0 spiro atoms. The number of nitrogens with zero attached hydrogens (tertiary/aromatic N) is 2. The lowest BCUT2D eigenvalue weighted by Crippen LogP contribution is -2.29. The molecular formula is C22H25N3O. The van der Waals surface area contributed by atoms with Gasteiger partial charge in [0.25, 0.3) is 0 Å². The van der Waals surface area contributed by atoms with Crippen molar-refractivity contribution in [2.75, 3.05) is 13.2 Å². The van der Waals surface area contributed by atoms with Crippen LogP contribution >= 0.6 is 0 Å². The summed E-state index contributed by atoms with van der Waals surface area (Å²) in [5, 5.41) is 7.88. The standard InChI is InChI=1S/C22H25N3O/c1-2-13-26-19-10-6-9-18(14-19)22-20-16-25(12-11-21(20)23-24-22)15-17-7-4-3-5-8-17/h3-10,14H,2,11-13,15-16H2,1H3,(H,23,24). The van der Waals surface area contributed by atoms with Crippen molar-refractivity contribution >= 4 is 0 Å². The summed E-state index contributed by atoms with van der Waals surface area (Å²) in [6.45, 7) is 5.83. The van der Waals surface area contributed by atoms with Gasteiger partial charge in [0.05, 0.1) is 12.3 Å². The van der Waals surface area contributed by atoms with E-state index in [0.717, 1.165) is 56.1 Å². The topological polar surface area (TPSA) is 41.1 Å². The molecule has 0 amide bonds. The molecule has 4 heteroatoms. The minimum atomic E-state index is 0.743. The zero-order valence-electron chi connectivity index (χ0n) is 15.2. The van der Waals surface area contributed by atoms with Gasteiger partial charge in [-0.15, -0.1) is 0 Å². The highest BCUT2D eigenvalue weighted by atomic mass is 16.5. The van der Waals surface area contributed by atoms with E-state index in [1.54, 1.807) is 0 Å². The molecule has 1 N–H and O–H groups in total. The molecule has 1 aromatic heterocycles. The molecule has 4 rings (SSSR count). The highest BCUT2D eigenvalue weighted by Crippen LogP contribution is 2.30. The van der Waals surface area contributed by atoms with Gasteiger partial charge < -0.3 is 4.74 Å². The number of H-pyrrole nitrogens is 1. The lowest BCUT2D eigenvalue weighted by atomic mass is 10.0. The molecule has 1 aliphatic rings. The molecule has 1 aliphatic heterocycles. The first kappa shape index (κ1) is 16.9. The highest BCUT2D eigenvalue weighted by molar-refractivity contribution is 5.66. The molecule has 0 aliphatic carbocycles. The molecule has 2 heterocycles. The number of hydrogen-bond acceptors (Lipinski definition) is 3. The third-order valence-electron chi connectivity index (χ3n) is 4.84. The summed E-state index contributed by atoms with van der Waals surface area (Å²) < 4.78 is 5.79. The van der Waals surface area contributed by atoms with E-state index in [0.29, 0.717) is 0 Å². The molecule has 0 saturated heterocycles. The van der Waals surface area contributed by atoms with E-state index in [1.807, 2.05) is 12.1 Å². The van der Waals surface area contributed by atoms with Gasteiger partial charge in [0.15, 0.2) is 0 Å². The van der Waals surface area contributed by atoms with Crippen LogP contribution in [0.5, 0.6) is 5.75 Å². The van der Waals surface area contributed by atoms with E-state index in [2.05, 4.69) is 64.5 Å². The van der Waals surface area contributed by atoms with Crippen molar-refractivity contribution in [2.24, 2.45) is 0 Å². The van der Waals surface area contributed by atoms with Crippen molar-refractivity contribution in [1.82, 2.24) is 15.1 Å². The van der Waals surface area contributed by atoms with Crippen molar-refractivity contribution in [3.05, 3.63) is 71.4 Å². The molecule has 0 bridgehead atoms. The van der Waals surface area contributed by atoms with Gasteiger partial charge in [-0.2, -0.15) is 5.10 Å². The summed E-state index contributed by atoms with van der Waals surface area (Å²) in [6.07, 6.45) is 2.03. The first-order chi connectivity index (χ1) is 12.8. The molecule has 0 saturated carbocycles. The summed E-state index contributed by atoms with van der Waals surface area (Å²) in [6, 6.07) is 18.9. The van der Waals surface area contributed by atoms with Crippen LogP contribution in [0.3, 0.4) is 0 Å². The first-order valence-electron chi connectivity index (χ1n) is 9.39. The predicted octanol–water partition coefficient (Wildman–Crippen LogP) is 4.42. The molecule has 2 aromatic carbocycles. The number of aromatic amines is 1. The third kappa shape index (κ3) is 3.65. The number of aromatic nitrogens is 2. The maximum absolute atomic E-state index is 5.79. The van der Waals surface area contributed by atoms with Crippen molar-refractivity contribution in [3.8, 4) is 17.0 Å². The number of fused-ring (bicyclic) bond motifs is 1. The predicted molar refractivity (Wildman–Crippen MR) is 104 cm³/mol. The van der Waals surface area contributed by atoms with Gasteiger partial charge in [0.1, 0.15) is 5.75 Å². The van der Waals surface area contributed by atoms with Crippen molar-refractivity contribution < 1.29 is 4.74 Å². The second-order valence-electron chi connectivity index (χ2n) is 6.85. The Hall–Kier alpha value is -2.59. The van der Waals surface area contributed by atoms with E-state index in [4.69, 9.17) is 4.74 Å². The smallest absolute Gasteiger partial charge is 0.119 e. The molecule has 0 atom stereocenters. The molecule has 4 nitrogen and oxygen atoms in total. The van der Waals surface area contributed by atoms with Gasteiger partial charge in [0.2, 0.25) is 0 Å². The fraction of sp³-hybridized carbons (Fsp3) is 0.318. The SMILES string of the molecule is CCCOc1cccc(-c2n[nH]c3c2CN(Cc2ccccc2)CC3)c1. The Balaban J connectivity index is 1.55. The molecule has 0 radical (unpaired) electrons. The van der Waals surface area contributed by atoms with Crippen molar-refractivity contribution in [3.63, 3.8) is 0 Å². The van der Waals surface area contributed by atoms with Crippen molar-refractivity contribution in [1.29, 1.82) is 0 Å². The fourth-order valence-corrected chi connectivity index (χ4v) is 3.52. The Kier molecular flexibility index (Phi) is 5.02. The number of benzene rings is 2. The van der Waals surface area contributed by atoms with Crippen LogP contribution in [0, 0.1) is 0 Å². The summed E-state index contributed by atoms with van der Waals surface area (Å²) in [5.74, 6) is 0.915. The van der Waals surface area contributed by atoms with E-state index in [-0.39, 0.29) is 0 Å². The largest absolute Gasteiger partial charge is 0.494 e. The first-order valence-corrected chi connectivity index (χ1v) is 9.39. The average Bonchev–Trinajstić information content (AvgIpc) is 3.11. The number of ether oxygens (including phenoxy) is 1. The van der Waals surface area contributed by atoms with E-state index in [9.17, 15) is 0 Å². The van der Waals surface area contributed by atoms with Gasteiger partial charge in [-0.05, 0) is 24.1 Å². The zero-order chi connectivity index (χ0) is 17.8. The molecule has 26 heavy (non-hydrogen) atoms. The molecule has 3 aromatic rings. The van der Waals surface area contributed by atoms with Crippen LogP contribution < -0.4 is 4.74 Å². The number of rotatable bonds is 6. The fourth-order valence-electron chi connectivity index (χ4n) is 3.52. The lowest BCUT2D eigenvalue weighted by Gasteiger charge is -2.27. The summed E-state index contributed by atoms with van der Waals surface area (Å²) in [7, 11) is 0. The van der Waals surface area contributed by atoms with Crippen LogP contribution in [0.15, 0.2) is 54.6 Å². The summed E-state index contributed by atoms with van der Waals surface area (Å²) in [4.78, 5) is 2.49. The minimum absolute atomic E-state index is 0.743. The Morgan fingerprint density at radius 2 is 2.00 bits per heavy atom. The Morgan fingerprint density at radius 3 is 2.85 bits per heavy atom. The minimum Gasteiger partial charge on any atom is -0.494 e. The van der Waals surface area contributed by atoms with Crippen LogP contribution in [0.1, 0.15) is 30.2 Å². The average molecular weight is 347 g/mol. The monoisotopic (exact) mass is 347 g/mol. The Bertz CT molecular complexity index is 857.